The normalized spacial score (nSPS) is 27.6. The molecule has 16 atom stereocenters. The van der Waals surface area contributed by atoms with Crippen molar-refractivity contribution in [3.63, 3.8) is 0 Å². The minimum Gasteiger partial charge on any atom is -0.457 e. The number of nitrogens with zero attached hydrogens (tertiary/aromatic N) is 5. The Hall–Kier alpha value is -6.01. The van der Waals surface area contributed by atoms with E-state index in [-0.39, 0.29) is 17.0 Å². The molecule has 1 amide bonds. The van der Waals surface area contributed by atoms with Crippen molar-refractivity contribution in [2.75, 3.05) is 91.7 Å². The second kappa shape index (κ2) is 35.0. The average molecular weight is 1490 g/mol. The molecule has 8 heterocycles. The maximum atomic E-state index is 12.3. The Balaban J connectivity index is 0.000000241. The first-order valence-electron chi connectivity index (χ1n) is 31.8. The van der Waals surface area contributed by atoms with Gasteiger partial charge >= 0.3 is 23.0 Å². The van der Waals surface area contributed by atoms with Crippen LogP contribution in [0.25, 0.3) is 0 Å². The summed E-state index contributed by atoms with van der Waals surface area (Å²) in [6.07, 6.45) is 11.0. The van der Waals surface area contributed by atoms with Gasteiger partial charge in [-0.25, -0.2) is 14.4 Å². The minimum atomic E-state index is -1.43. The molecule has 0 radical (unpaired) electrons. The van der Waals surface area contributed by atoms with Gasteiger partial charge < -0.3 is 74.4 Å². The van der Waals surface area contributed by atoms with Crippen LogP contribution in [0, 0.1) is 0 Å². The van der Waals surface area contributed by atoms with Crippen LogP contribution in [0.15, 0.2) is 77.6 Å². The van der Waals surface area contributed by atoms with E-state index in [9.17, 15) is 88.5 Å². The van der Waals surface area contributed by atoms with Crippen molar-refractivity contribution in [1.29, 1.82) is 0 Å². The third-order valence-electron chi connectivity index (χ3n) is 16.6. The van der Waals surface area contributed by atoms with Crippen LogP contribution in [-0.2, 0) is 49.9 Å². The number of ether oxygens (including phenoxy) is 6. The van der Waals surface area contributed by atoms with Gasteiger partial charge in [0.25, 0.3) is 22.6 Å². The number of hydrogen-bond donors (Lipinski definition) is 10. The highest BCUT2D eigenvalue weighted by atomic mass is 31.2. The van der Waals surface area contributed by atoms with Crippen molar-refractivity contribution in [1.82, 2.24) is 38.5 Å². The average Bonchev–Trinajstić information content (AvgIpc) is 1.60. The number of H-pyrrole nitrogens is 2. The summed E-state index contributed by atoms with van der Waals surface area (Å²) in [5, 5.41) is 74.7. The number of amides is 1. The minimum absolute atomic E-state index is 0.227. The number of carbonyl (C=O) groups is 5. The number of rotatable bonds is 23. The van der Waals surface area contributed by atoms with Gasteiger partial charge in [-0.05, 0) is 117 Å². The Morgan fingerprint density at radius 2 is 0.940 bits per heavy atom. The Labute approximate surface area is 578 Å². The lowest BCUT2D eigenvalue weighted by Gasteiger charge is -2.34. The Morgan fingerprint density at radius 1 is 0.560 bits per heavy atom. The summed E-state index contributed by atoms with van der Waals surface area (Å²) >= 11 is 0. The lowest BCUT2D eigenvalue weighted by Crippen LogP contribution is -2.47. The standard InChI is InChI=1S/C17H25N2O8P.C17H25N2O7P.C15H25N2O5P.C15H25N2O4P/c1-9(20)26-8-11(21)10-7-19(17(25)18-15(10)24)16-14(23)13(22)12(27-16)5-6-28(2,3)4;1-9(20)7-11(21)10-8-19(17(25)18-15(10)24)16-14(23)13(22)12(26-16)5-6-27(2,3)4;1-16-11(18)6-8-17(15(16)20)14-13(21-2)12(19)10(22-14)7-9-23(3,4)5;1-9-8-17(10(2)16-14(9)20)15-13(19)12(18)11(21-15)6-7-22(3,4)5/h7,12-14,16,22-23H,2,5-6,8H2,1,3-4H3,(H,18,24,25);8,12-14,16,22-23H,2,5-7H2,1,3-4H3,(H,18,24,25);6,8,10,12-14,19H,3,7,9H2,1-2,4-5H3;8,11-13,15,18-19H,2-3,6-7H2,1,4-5H3,(H,16,20)/t2*12-,13-,14-,16-;10-,12-,13-,14-;11-,12-,13-,15-/m1111/s1. The lowest BCUT2D eigenvalue weighted by molar-refractivity contribution is -0.139. The van der Waals surface area contributed by atoms with Gasteiger partial charge in [0, 0.05) is 57.5 Å². The fourth-order valence-electron chi connectivity index (χ4n) is 10.9. The lowest BCUT2D eigenvalue weighted by atomic mass is 10.1. The molecule has 0 saturated carbocycles. The van der Waals surface area contributed by atoms with Crippen LogP contribution < -0.4 is 39.1 Å². The van der Waals surface area contributed by atoms with Crippen molar-refractivity contribution in [2.45, 2.75) is 151 Å². The molecule has 8 rings (SSSR count). The molecule has 5 aliphatic heterocycles. The first kappa shape index (κ1) is 84.6. The van der Waals surface area contributed by atoms with Crippen LogP contribution >= 0.6 is 27.5 Å². The molecule has 560 valence electrons. The molecule has 4 fully saturated rings. The maximum Gasteiger partial charge on any atom is 0.332 e. The highest BCUT2D eigenvalue weighted by molar-refractivity contribution is 7.73. The second-order valence-electron chi connectivity index (χ2n) is 28.1. The molecule has 0 aromatic carbocycles. The van der Waals surface area contributed by atoms with E-state index in [4.69, 9.17) is 23.7 Å². The fourth-order valence-corrected chi connectivity index (χ4v) is 14.7. The van der Waals surface area contributed by atoms with E-state index >= 15 is 0 Å². The third-order valence-corrected chi connectivity index (χ3v) is 22.5. The van der Waals surface area contributed by atoms with Crippen LogP contribution in [0.3, 0.4) is 0 Å². The zero-order chi connectivity index (χ0) is 75.8. The first-order valence-corrected chi connectivity index (χ1v) is 44.0. The number of esters is 1. The SMILES string of the molecule is C=C1NC(=O)C(C)=CN1[C@@H]1O[C@H](CCP(=C)(C)C)[C@@H](O)[C@H]1O.C=P(C)(C)CC[C@H]1O[C@@H](n2cc(C(=O)CC(C)=O)c(=O)[nH]c2=O)[C@H](O)[C@@H]1O.C=P(C)(C)CC[C@H]1O[C@@H](n2cc(C(=O)COC(C)=O)c(=O)[nH]c2=O)[C@H](O)[C@@H]1O.C=P(C)(C)CC[C@H]1O[C@@H](n2ccc(=O)n(C)c2=O)[C@H](OC)[C@@H]1O. The van der Waals surface area contributed by atoms with E-state index in [0.29, 0.717) is 43.2 Å². The number of Topliss-reactive ketones (excluding diaryl/α,β-unsaturated/α-hetero) is 3. The van der Waals surface area contributed by atoms with Gasteiger partial charge in [0.05, 0.1) is 36.4 Å². The number of aliphatic hydroxyl groups is 7. The van der Waals surface area contributed by atoms with E-state index < -0.39 is 196 Å². The van der Waals surface area contributed by atoms with E-state index in [1.807, 2.05) is 36.6 Å². The summed E-state index contributed by atoms with van der Waals surface area (Å²) in [5.41, 5.74) is -4.88. The summed E-state index contributed by atoms with van der Waals surface area (Å²) in [5.74, 6) is -2.59. The maximum absolute atomic E-state index is 12.3. The van der Waals surface area contributed by atoms with Crippen LogP contribution in [0.1, 0.15) is 92.3 Å². The number of aromatic amines is 2. The van der Waals surface area contributed by atoms with Crippen molar-refractivity contribution >= 4 is 82.0 Å². The molecule has 32 nitrogen and oxygen atoms in total. The van der Waals surface area contributed by atoms with Crippen LogP contribution in [0.5, 0.6) is 0 Å². The number of carbonyl (C=O) groups excluding carboxylic acids is 5. The van der Waals surface area contributed by atoms with Crippen LogP contribution in [0.2, 0.25) is 0 Å². The molecule has 0 bridgehead atoms. The van der Waals surface area contributed by atoms with Gasteiger partial charge in [0.15, 0.2) is 37.3 Å². The van der Waals surface area contributed by atoms with Crippen LogP contribution in [0.4, 0.5) is 0 Å². The molecule has 0 unspecified atom stereocenters. The fraction of sp³-hybridized carbons (Fsp3) is 0.609. The highest BCUT2D eigenvalue weighted by Gasteiger charge is 2.49. The number of aliphatic hydroxyl groups excluding tert-OH is 7. The molecule has 100 heavy (non-hydrogen) atoms. The van der Waals surface area contributed by atoms with E-state index in [0.717, 1.165) is 51.5 Å². The van der Waals surface area contributed by atoms with Gasteiger partial charge in [0.2, 0.25) is 5.78 Å². The molecule has 3 aromatic heterocycles. The van der Waals surface area contributed by atoms with E-state index in [2.05, 4.69) is 68.5 Å². The van der Waals surface area contributed by atoms with E-state index in [1.165, 1.54) is 37.9 Å². The van der Waals surface area contributed by atoms with Gasteiger partial charge in [-0.2, -0.15) is 0 Å². The predicted octanol–water partition coefficient (Wildman–Crippen LogP) is -1.32. The number of ketones is 3. The Morgan fingerprint density at radius 3 is 1.33 bits per heavy atom. The summed E-state index contributed by atoms with van der Waals surface area (Å²) in [6.45, 7) is 18.5. The first-order chi connectivity index (χ1) is 46.1. The smallest absolute Gasteiger partial charge is 0.332 e. The topological polar surface area (TPSA) is 451 Å². The van der Waals surface area contributed by atoms with Gasteiger partial charge in [-0.15, -0.1) is 52.7 Å². The van der Waals surface area contributed by atoms with Gasteiger partial charge in [-0.3, -0.25) is 66.6 Å². The molecule has 4 saturated heterocycles. The predicted molar refractivity (Wildman–Crippen MR) is 387 cm³/mol. The third kappa shape index (κ3) is 23.0. The number of hydrogen-bond acceptors (Lipinski definition) is 25. The summed E-state index contributed by atoms with van der Waals surface area (Å²) in [6, 6.07) is 1.29. The quantitative estimate of drug-likeness (QED) is 0.0228. The summed E-state index contributed by atoms with van der Waals surface area (Å²) in [4.78, 5) is 135. The van der Waals surface area contributed by atoms with E-state index in [1.54, 1.807) is 18.0 Å². The number of aromatic nitrogens is 6. The summed E-state index contributed by atoms with van der Waals surface area (Å²) < 4.78 is 37.0. The highest BCUT2D eigenvalue weighted by Crippen LogP contribution is 2.43. The van der Waals surface area contributed by atoms with Crippen molar-refractivity contribution < 1.29 is 88.1 Å². The van der Waals surface area contributed by atoms with Crippen molar-refractivity contribution in [3.8, 4) is 0 Å². The molecule has 10 N–H and O–H groups in total. The van der Waals surface area contributed by atoms with Crippen molar-refractivity contribution in [3.05, 3.63) is 122 Å². The Bertz CT molecular complexity index is 4110. The monoisotopic (exact) mass is 1490 g/mol. The zero-order valence-electron chi connectivity index (χ0n) is 58.8. The Kier molecular flexibility index (Phi) is 29.6. The second-order valence-corrected chi connectivity index (χ2v) is 45.4. The molecule has 0 aliphatic carbocycles. The summed E-state index contributed by atoms with van der Waals surface area (Å²) in [7, 11) is 2.87. The molecule has 3 aromatic rings. The number of methoxy groups -OCH3 is 1. The molecular weight excluding hydrogens is 1390 g/mol. The largest absolute Gasteiger partial charge is 0.457 e. The van der Waals surface area contributed by atoms with Gasteiger partial charge in [0.1, 0.15) is 66.0 Å². The molecule has 5 aliphatic rings. The van der Waals surface area contributed by atoms with Crippen LogP contribution in [-0.4, -0.2) is 294 Å². The van der Waals surface area contributed by atoms with Gasteiger partial charge in [-0.1, -0.05) is 6.58 Å². The van der Waals surface area contributed by atoms with Crippen molar-refractivity contribution in [2.24, 2.45) is 7.05 Å². The molecular formula is C64H100N8O24P4. The molecule has 36 heteroatoms. The number of nitrogens with one attached hydrogen (secondary N) is 3. The zero-order valence-corrected chi connectivity index (χ0v) is 62.4. The molecule has 0 spiro atoms.